The minimum atomic E-state index is -0.248. The molecule has 1 aromatic heterocycles. The van der Waals surface area contributed by atoms with E-state index in [9.17, 15) is 4.79 Å². The monoisotopic (exact) mass is 549 g/mol. The van der Waals surface area contributed by atoms with E-state index in [0.29, 0.717) is 28.6 Å². The van der Waals surface area contributed by atoms with Gasteiger partial charge >= 0.3 is 0 Å². The van der Waals surface area contributed by atoms with Crippen LogP contribution in [0.3, 0.4) is 0 Å². The fourth-order valence-electron chi connectivity index (χ4n) is 3.59. The summed E-state index contributed by atoms with van der Waals surface area (Å²) in [5.74, 6) is 2.19. The molecule has 168 valence electrons. The van der Waals surface area contributed by atoms with Crippen LogP contribution < -0.4 is 23.8 Å². The third kappa shape index (κ3) is 3.90. The fraction of sp³-hybridized carbons (Fsp3) is 0.304. The lowest BCUT2D eigenvalue weighted by atomic mass is 10.1. The number of ether oxygens (including phenoxy) is 4. The number of methoxy groups -OCH3 is 2. The number of hydrogen-bond donors (Lipinski definition) is 0. The Labute approximate surface area is 200 Å². The van der Waals surface area contributed by atoms with Crippen LogP contribution in [0.1, 0.15) is 17.3 Å². The highest BCUT2D eigenvalue weighted by atomic mass is 127. The number of hydrogen-bond acceptors (Lipinski definition) is 7. The van der Waals surface area contributed by atoms with Gasteiger partial charge in [-0.15, -0.1) is 0 Å². The Hall–Kier alpha value is -2.79. The van der Waals surface area contributed by atoms with Crippen LogP contribution in [0.4, 0.5) is 5.69 Å². The second-order valence-corrected chi connectivity index (χ2v) is 8.67. The lowest BCUT2D eigenvalue weighted by molar-refractivity contribution is 0.0953. The summed E-state index contributed by atoms with van der Waals surface area (Å²) in [6.45, 7) is 2.15. The zero-order valence-electron chi connectivity index (χ0n) is 18.5. The molecule has 32 heavy (non-hydrogen) atoms. The van der Waals surface area contributed by atoms with E-state index in [1.807, 2.05) is 44.1 Å². The summed E-state index contributed by atoms with van der Waals surface area (Å²) in [5.41, 5.74) is 1.96. The predicted octanol–water partition coefficient (Wildman–Crippen LogP) is 4.14. The zero-order chi connectivity index (χ0) is 23.0. The van der Waals surface area contributed by atoms with Crippen LogP contribution in [0.5, 0.6) is 23.0 Å². The molecule has 4 rings (SSSR count). The number of carbonyl (C=O) groups is 1. The SMILES string of the molecule is COc1cc(I)c(C(=O)N(c2ccnc3cc4c(cc23)OCO4)C(C)N(C)C)cc1OC. The van der Waals surface area contributed by atoms with Crippen molar-refractivity contribution in [1.82, 2.24) is 9.88 Å². The Morgan fingerprint density at radius 3 is 2.41 bits per heavy atom. The van der Waals surface area contributed by atoms with Crippen molar-refractivity contribution in [2.45, 2.75) is 13.1 Å². The Morgan fingerprint density at radius 2 is 1.75 bits per heavy atom. The molecule has 1 aliphatic heterocycles. The Balaban J connectivity index is 1.89. The van der Waals surface area contributed by atoms with Gasteiger partial charge in [0.2, 0.25) is 6.79 Å². The molecule has 0 saturated carbocycles. The number of halogens is 1. The van der Waals surface area contributed by atoms with Crippen LogP contribution in [-0.2, 0) is 0 Å². The summed E-state index contributed by atoms with van der Waals surface area (Å²) >= 11 is 2.15. The second kappa shape index (κ2) is 8.99. The van der Waals surface area contributed by atoms with Gasteiger partial charge in [0.25, 0.3) is 5.91 Å². The Morgan fingerprint density at radius 1 is 1.09 bits per heavy atom. The molecule has 1 atom stereocenters. The molecule has 0 bridgehead atoms. The van der Waals surface area contributed by atoms with Crippen LogP contribution in [0.15, 0.2) is 36.5 Å². The molecule has 1 amide bonds. The van der Waals surface area contributed by atoms with Crippen LogP contribution in [0, 0.1) is 3.57 Å². The summed E-state index contributed by atoms with van der Waals surface area (Å²) in [6, 6.07) is 9.08. The van der Waals surface area contributed by atoms with Gasteiger partial charge in [0.1, 0.15) is 0 Å². The third-order valence-corrected chi connectivity index (χ3v) is 6.41. The van der Waals surface area contributed by atoms with E-state index in [4.69, 9.17) is 18.9 Å². The molecule has 0 fully saturated rings. The summed E-state index contributed by atoms with van der Waals surface area (Å²) in [6.07, 6.45) is 1.45. The van der Waals surface area contributed by atoms with Gasteiger partial charge < -0.3 is 18.9 Å². The van der Waals surface area contributed by atoms with Crippen LogP contribution in [0.25, 0.3) is 10.9 Å². The number of amides is 1. The first-order chi connectivity index (χ1) is 15.3. The molecule has 0 aliphatic carbocycles. The molecule has 0 saturated heterocycles. The third-order valence-electron chi connectivity index (χ3n) is 5.52. The fourth-order valence-corrected chi connectivity index (χ4v) is 4.26. The van der Waals surface area contributed by atoms with Crippen LogP contribution >= 0.6 is 22.6 Å². The molecule has 1 unspecified atom stereocenters. The van der Waals surface area contributed by atoms with Crippen molar-refractivity contribution < 1.29 is 23.7 Å². The maximum Gasteiger partial charge on any atom is 0.260 e. The van der Waals surface area contributed by atoms with E-state index >= 15 is 0 Å². The maximum absolute atomic E-state index is 14.0. The van der Waals surface area contributed by atoms with E-state index in [1.54, 1.807) is 37.4 Å². The Kier molecular flexibility index (Phi) is 6.29. The summed E-state index contributed by atoms with van der Waals surface area (Å²) in [7, 11) is 6.99. The average molecular weight is 549 g/mol. The molecule has 3 aromatic rings. The van der Waals surface area contributed by atoms with E-state index in [-0.39, 0.29) is 18.9 Å². The van der Waals surface area contributed by atoms with Gasteiger partial charge in [-0.05, 0) is 67.9 Å². The smallest absolute Gasteiger partial charge is 0.260 e. The zero-order valence-corrected chi connectivity index (χ0v) is 20.7. The molecular formula is C23H24IN3O5. The van der Waals surface area contributed by atoms with Gasteiger partial charge in [0.15, 0.2) is 23.0 Å². The number of pyridine rings is 1. The highest BCUT2D eigenvalue weighted by Gasteiger charge is 2.29. The number of aromatic nitrogens is 1. The number of benzene rings is 2. The van der Waals surface area contributed by atoms with Gasteiger partial charge in [0.05, 0.1) is 37.2 Å². The average Bonchev–Trinajstić information content (AvgIpc) is 3.24. The topological polar surface area (TPSA) is 73.4 Å². The molecular weight excluding hydrogens is 525 g/mol. The number of carbonyl (C=O) groups excluding carboxylic acids is 1. The lowest BCUT2D eigenvalue weighted by Gasteiger charge is -2.34. The van der Waals surface area contributed by atoms with Crippen molar-refractivity contribution in [1.29, 1.82) is 0 Å². The largest absolute Gasteiger partial charge is 0.493 e. The molecule has 1 aliphatic rings. The van der Waals surface area contributed by atoms with E-state index in [2.05, 4.69) is 27.6 Å². The van der Waals surface area contributed by atoms with E-state index < -0.39 is 0 Å². The first-order valence-electron chi connectivity index (χ1n) is 9.95. The predicted molar refractivity (Wildman–Crippen MR) is 130 cm³/mol. The minimum absolute atomic E-state index is 0.165. The van der Waals surface area contributed by atoms with Gasteiger partial charge in [-0.1, -0.05) is 0 Å². The summed E-state index contributed by atoms with van der Waals surface area (Å²) in [4.78, 5) is 22.2. The molecule has 8 nitrogen and oxygen atoms in total. The van der Waals surface area contributed by atoms with Crippen molar-refractivity contribution in [3.8, 4) is 23.0 Å². The molecule has 0 spiro atoms. The minimum Gasteiger partial charge on any atom is -0.493 e. The maximum atomic E-state index is 14.0. The van der Waals surface area contributed by atoms with Gasteiger partial charge in [-0.25, -0.2) is 0 Å². The Bertz CT molecular complexity index is 1180. The first-order valence-corrected chi connectivity index (χ1v) is 11.0. The molecule has 0 N–H and O–H groups in total. The van der Waals surface area contributed by atoms with Crippen molar-refractivity contribution in [3.05, 3.63) is 45.7 Å². The standard InChI is InChI=1S/C23H24IN3O5/c1-13(26(2)3)27(23(28)14-8-19(29-4)20(30-5)10-16(14)24)18-6-7-25-17-11-22-21(9-15(17)18)31-12-32-22/h6-11,13H,12H2,1-5H3. The van der Waals surface area contributed by atoms with Crippen LogP contribution in [-0.4, -0.2) is 57.1 Å². The van der Waals surface area contributed by atoms with E-state index in [1.165, 1.54) is 0 Å². The van der Waals surface area contributed by atoms with E-state index in [0.717, 1.165) is 20.2 Å². The molecule has 2 aromatic carbocycles. The molecule has 0 radical (unpaired) electrons. The second-order valence-electron chi connectivity index (χ2n) is 7.51. The molecule has 2 heterocycles. The lowest BCUT2D eigenvalue weighted by Crippen LogP contribution is -2.47. The van der Waals surface area contributed by atoms with Gasteiger partial charge in [-0.2, -0.15) is 0 Å². The van der Waals surface area contributed by atoms with Gasteiger partial charge in [0, 0.05) is 21.2 Å². The first kappa shape index (κ1) is 22.4. The summed E-state index contributed by atoms with van der Waals surface area (Å²) in [5, 5.41) is 0.800. The van der Waals surface area contributed by atoms with Crippen molar-refractivity contribution in [2.75, 3.05) is 40.0 Å². The van der Waals surface area contributed by atoms with Crippen molar-refractivity contribution >= 4 is 45.1 Å². The van der Waals surface area contributed by atoms with Gasteiger partial charge in [-0.3, -0.25) is 19.6 Å². The number of anilines is 1. The molecule has 9 heteroatoms. The van der Waals surface area contributed by atoms with Crippen molar-refractivity contribution in [2.24, 2.45) is 0 Å². The number of fused-ring (bicyclic) bond motifs is 2. The normalized spacial score (nSPS) is 13.3. The summed E-state index contributed by atoms with van der Waals surface area (Å²) < 4.78 is 22.7. The highest BCUT2D eigenvalue weighted by molar-refractivity contribution is 14.1. The quantitative estimate of drug-likeness (QED) is 0.338. The van der Waals surface area contributed by atoms with Crippen molar-refractivity contribution in [3.63, 3.8) is 0 Å². The number of rotatable bonds is 6. The highest BCUT2D eigenvalue weighted by Crippen LogP contribution is 2.40. The van der Waals surface area contributed by atoms with Crippen LogP contribution in [0.2, 0.25) is 0 Å². The number of nitrogens with zero attached hydrogens (tertiary/aromatic N) is 3.